The average Bonchev–Trinajstić information content (AvgIpc) is 2.11. The number of rotatable bonds is 1. The summed E-state index contributed by atoms with van der Waals surface area (Å²) >= 11 is 0. The predicted octanol–water partition coefficient (Wildman–Crippen LogP) is 2.00. The van der Waals surface area contributed by atoms with Crippen molar-refractivity contribution < 1.29 is 9.53 Å². The maximum absolute atomic E-state index is 11.7. The average molecular weight is 249 g/mol. The Morgan fingerprint density at radius 3 is 2.72 bits per heavy atom. The van der Waals surface area contributed by atoms with Gasteiger partial charge >= 0.3 is 6.09 Å². The number of nitrogens with two attached hydrogens (primary N) is 1. The molecule has 1 saturated heterocycles. The van der Waals surface area contributed by atoms with Gasteiger partial charge in [-0.05, 0) is 32.9 Å². The molecule has 0 aliphatic carbocycles. The number of pyridine rings is 1. The molecule has 1 aromatic heterocycles. The second-order valence-corrected chi connectivity index (χ2v) is 5.60. The first-order valence-corrected chi connectivity index (χ1v) is 6.04. The van der Waals surface area contributed by atoms with Gasteiger partial charge in [-0.3, -0.25) is 4.98 Å². The van der Waals surface area contributed by atoms with E-state index in [-0.39, 0.29) is 12.0 Å². The van der Waals surface area contributed by atoms with Gasteiger partial charge in [-0.25, -0.2) is 4.79 Å². The molecular formula is C13H19N3O2. The summed E-state index contributed by atoms with van der Waals surface area (Å²) in [6.07, 6.45) is 1.43. The molecule has 0 radical (unpaired) electrons. The van der Waals surface area contributed by atoms with Gasteiger partial charge in [0.1, 0.15) is 5.60 Å². The molecule has 2 N–H and O–H groups in total. The van der Waals surface area contributed by atoms with Gasteiger partial charge < -0.3 is 15.4 Å². The highest BCUT2D eigenvalue weighted by Crippen LogP contribution is 2.27. The fourth-order valence-corrected chi connectivity index (χ4v) is 1.83. The Kier molecular flexibility index (Phi) is 3.15. The highest BCUT2D eigenvalue weighted by atomic mass is 16.6. The topological polar surface area (TPSA) is 68.5 Å². The first kappa shape index (κ1) is 12.7. The number of amides is 1. The first-order valence-electron chi connectivity index (χ1n) is 6.04. The zero-order valence-electron chi connectivity index (χ0n) is 11.0. The lowest BCUT2D eigenvalue weighted by Crippen LogP contribution is -2.50. The molecule has 2 rings (SSSR count). The predicted molar refractivity (Wildman–Crippen MR) is 69.2 cm³/mol. The van der Waals surface area contributed by atoms with Crippen molar-refractivity contribution in [2.45, 2.75) is 32.3 Å². The Balaban J connectivity index is 1.89. The van der Waals surface area contributed by atoms with Crippen molar-refractivity contribution in [3.8, 4) is 0 Å². The van der Waals surface area contributed by atoms with Gasteiger partial charge in [-0.2, -0.15) is 0 Å². The second kappa shape index (κ2) is 4.48. The number of hydrogen-bond acceptors (Lipinski definition) is 4. The molecule has 98 valence electrons. The van der Waals surface area contributed by atoms with E-state index in [9.17, 15) is 4.79 Å². The molecule has 0 unspecified atom stereocenters. The number of ether oxygens (including phenoxy) is 1. The fourth-order valence-electron chi connectivity index (χ4n) is 1.83. The van der Waals surface area contributed by atoms with Crippen LogP contribution in [0.2, 0.25) is 0 Å². The zero-order valence-corrected chi connectivity index (χ0v) is 11.0. The lowest BCUT2D eigenvalue weighted by Gasteiger charge is -2.39. The van der Waals surface area contributed by atoms with Crippen LogP contribution in [0.5, 0.6) is 0 Å². The summed E-state index contributed by atoms with van der Waals surface area (Å²) in [6, 6.07) is 3.62. The summed E-state index contributed by atoms with van der Waals surface area (Å²) in [4.78, 5) is 17.7. The number of nitrogen functional groups attached to an aromatic ring is 1. The minimum Gasteiger partial charge on any atom is -0.444 e. The Hall–Kier alpha value is -1.78. The molecule has 1 aliphatic heterocycles. The minimum atomic E-state index is -0.447. The van der Waals surface area contributed by atoms with E-state index >= 15 is 0 Å². The van der Waals surface area contributed by atoms with Gasteiger partial charge in [0.15, 0.2) is 0 Å². The molecule has 5 nitrogen and oxygen atoms in total. The van der Waals surface area contributed by atoms with E-state index in [2.05, 4.69) is 4.98 Å². The largest absolute Gasteiger partial charge is 0.444 e. The van der Waals surface area contributed by atoms with Crippen LogP contribution in [0.15, 0.2) is 18.3 Å². The summed E-state index contributed by atoms with van der Waals surface area (Å²) < 4.78 is 5.29. The van der Waals surface area contributed by atoms with Crippen LogP contribution in [0.25, 0.3) is 0 Å². The van der Waals surface area contributed by atoms with Crippen molar-refractivity contribution in [2.75, 3.05) is 18.8 Å². The Morgan fingerprint density at radius 2 is 2.17 bits per heavy atom. The Bertz CT molecular complexity index is 448. The van der Waals surface area contributed by atoms with Gasteiger partial charge in [-0.15, -0.1) is 0 Å². The third-order valence-corrected chi connectivity index (χ3v) is 2.76. The summed E-state index contributed by atoms with van der Waals surface area (Å²) in [7, 11) is 0. The fraction of sp³-hybridized carbons (Fsp3) is 0.538. The molecule has 2 heterocycles. The lowest BCUT2D eigenvalue weighted by atomic mass is 9.96. The quantitative estimate of drug-likeness (QED) is 0.826. The van der Waals surface area contributed by atoms with E-state index in [1.807, 2.05) is 26.8 Å². The Labute approximate surface area is 107 Å². The monoisotopic (exact) mass is 249 g/mol. The standard InChI is InChI=1S/C13H19N3O2/c1-13(2,3)18-12(17)16-7-9(8-16)11-6-10(14)4-5-15-11/h4-6,9H,7-8H2,1-3H3,(H2,14,15). The number of anilines is 1. The zero-order chi connectivity index (χ0) is 13.3. The van der Waals surface area contributed by atoms with Crippen molar-refractivity contribution in [3.05, 3.63) is 24.0 Å². The van der Waals surface area contributed by atoms with Gasteiger partial charge in [0.2, 0.25) is 0 Å². The van der Waals surface area contributed by atoms with Crippen molar-refractivity contribution >= 4 is 11.8 Å². The Morgan fingerprint density at radius 1 is 1.50 bits per heavy atom. The molecule has 18 heavy (non-hydrogen) atoms. The smallest absolute Gasteiger partial charge is 0.410 e. The molecule has 1 amide bonds. The van der Waals surface area contributed by atoms with E-state index in [0.717, 1.165) is 5.69 Å². The third kappa shape index (κ3) is 2.91. The van der Waals surface area contributed by atoms with Gasteiger partial charge in [-0.1, -0.05) is 0 Å². The van der Waals surface area contributed by atoms with Gasteiger partial charge in [0.25, 0.3) is 0 Å². The highest BCUT2D eigenvalue weighted by Gasteiger charge is 2.35. The summed E-state index contributed by atoms with van der Waals surface area (Å²) in [5.74, 6) is 0.265. The van der Waals surface area contributed by atoms with E-state index in [4.69, 9.17) is 10.5 Å². The summed E-state index contributed by atoms with van der Waals surface area (Å²) in [6.45, 7) is 6.88. The van der Waals surface area contributed by atoms with Gasteiger partial charge in [0, 0.05) is 36.6 Å². The number of likely N-dealkylation sites (tertiary alicyclic amines) is 1. The van der Waals surface area contributed by atoms with Crippen molar-refractivity contribution in [3.63, 3.8) is 0 Å². The van der Waals surface area contributed by atoms with Crippen molar-refractivity contribution in [2.24, 2.45) is 0 Å². The molecule has 0 atom stereocenters. The van der Waals surface area contributed by atoms with Crippen LogP contribution in [-0.2, 0) is 4.74 Å². The lowest BCUT2D eigenvalue weighted by molar-refractivity contribution is 0.00788. The van der Waals surface area contributed by atoms with E-state index < -0.39 is 5.60 Å². The maximum Gasteiger partial charge on any atom is 0.410 e. The van der Waals surface area contributed by atoms with Crippen LogP contribution in [0.3, 0.4) is 0 Å². The van der Waals surface area contributed by atoms with Gasteiger partial charge in [0.05, 0.1) is 0 Å². The van der Waals surface area contributed by atoms with Crippen LogP contribution in [0, 0.1) is 0 Å². The third-order valence-electron chi connectivity index (χ3n) is 2.76. The van der Waals surface area contributed by atoms with Crippen LogP contribution >= 0.6 is 0 Å². The molecule has 5 heteroatoms. The number of nitrogens with zero attached hydrogens (tertiary/aromatic N) is 2. The number of carbonyl (C=O) groups is 1. The van der Waals surface area contributed by atoms with Crippen molar-refractivity contribution in [1.29, 1.82) is 0 Å². The molecule has 1 aromatic rings. The van der Waals surface area contributed by atoms with Crippen molar-refractivity contribution in [1.82, 2.24) is 9.88 Å². The summed E-state index contributed by atoms with van der Waals surface area (Å²) in [5.41, 5.74) is 6.90. The molecule has 1 fully saturated rings. The molecular weight excluding hydrogens is 230 g/mol. The number of aromatic nitrogens is 1. The molecule has 0 bridgehead atoms. The molecule has 0 spiro atoms. The minimum absolute atomic E-state index is 0.261. The number of hydrogen-bond donors (Lipinski definition) is 1. The van der Waals surface area contributed by atoms with E-state index in [1.165, 1.54) is 0 Å². The van der Waals surface area contributed by atoms with Crippen LogP contribution in [0.4, 0.5) is 10.5 Å². The van der Waals surface area contributed by atoms with Crippen LogP contribution < -0.4 is 5.73 Å². The number of carbonyl (C=O) groups excluding carboxylic acids is 1. The SMILES string of the molecule is CC(C)(C)OC(=O)N1CC(c2cc(N)ccn2)C1. The summed E-state index contributed by atoms with van der Waals surface area (Å²) in [5, 5.41) is 0. The highest BCUT2D eigenvalue weighted by molar-refractivity contribution is 5.69. The molecule has 1 aliphatic rings. The van der Waals surface area contributed by atoms with Crippen LogP contribution in [0.1, 0.15) is 32.4 Å². The molecule has 0 saturated carbocycles. The first-order chi connectivity index (χ1) is 8.35. The van der Waals surface area contributed by atoms with Crippen LogP contribution in [-0.4, -0.2) is 34.7 Å². The maximum atomic E-state index is 11.7. The van der Waals surface area contributed by atoms with E-state index in [1.54, 1.807) is 17.2 Å². The van der Waals surface area contributed by atoms with E-state index in [0.29, 0.717) is 18.8 Å². The second-order valence-electron chi connectivity index (χ2n) is 5.60. The molecule has 0 aromatic carbocycles. The normalized spacial score (nSPS) is 16.3.